The van der Waals surface area contributed by atoms with E-state index in [9.17, 15) is 49.1 Å². The SMILES string of the molecule is CN(CCF)c1ccc2c(=O)c(C(=O)NC(C(F)(F)F)C(F)(F)F)cn(-c3ccc(F)cc3F)c2n1. The van der Waals surface area contributed by atoms with Crippen LogP contribution in [0.15, 0.2) is 41.3 Å². The van der Waals surface area contributed by atoms with Crippen LogP contribution in [-0.2, 0) is 0 Å². The second kappa shape index (κ2) is 9.70. The van der Waals surface area contributed by atoms with E-state index in [0.29, 0.717) is 16.8 Å². The summed E-state index contributed by atoms with van der Waals surface area (Å²) in [6.45, 7) is -0.946. The molecule has 0 unspecified atom stereocenters. The zero-order chi connectivity index (χ0) is 27.0. The molecule has 0 bridgehead atoms. The highest BCUT2D eigenvalue weighted by atomic mass is 19.4. The molecule has 194 valence electrons. The maximum Gasteiger partial charge on any atom is 0.417 e. The second-order valence-corrected chi connectivity index (χ2v) is 7.48. The van der Waals surface area contributed by atoms with Gasteiger partial charge in [-0.15, -0.1) is 0 Å². The molecule has 0 atom stereocenters. The number of carbonyl (C=O) groups excluding carboxylic acids is 1. The zero-order valence-electron chi connectivity index (χ0n) is 18.0. The molecular formula is C21H15F9N4O2. The van der Waals surface area contributed by atoms with Crippen molar-refractivity contribution in [2.24, 2.45) is 0 Å². The molecule has 0 aliphatic rings. The molecule has 0 fully saturated rings. The van der Waals surface area contributed by atoms with E-state index in [4.69, 9.17) is 0 Å². The quantitative estimate of drug-likeness (QED) is 0.487. The van der Waals surface area contributed by atoms with Crippen LogP contribution in [0.4, 0.5) is 45.3 Å². The molecule has 3 aromatic rings. The number of benzene rings is 1. The van der Waals surface area contributed by atoms with Gasteiger partial charge in [0.2, 0.25) is 11.5 Å². The summed E-state index contributed by atoms with van der Waals surface area (Å²) in [6, 6.07) is -0.0241. The van der Waals surface area contributed by atoms with Crippen LogP contribution >= 0.6 is 0 Å². The zero-order valence-corrected chi connectivity index (χ0v) is 18.0. The molecule has 15 heteroatoms. The second-order valence-electron chi connectivity index (χ2n) is 7.48. The van der Waals surface area contributed by atoms with E-state index in [0.717, 1.165) is 23.5 Å². The standard InChI is InChI=1S/C21H15F9N4O2/c1-33(7-6-22)15-5-3-11-16(35)12(18(36)32-19(20(25,26)27)21(28,29)30)9-34(17(11)31-15)14-4-2-10(23)8-13(14)24/h2-5,8-9,19H,6-7H2,1H3,(H,32,36). The smallest absolute Gasteiger partial charge is 0.357 e. The van der Waals surface area contributed by atoms with E-state index < -0.39 is 64.7 Å². The lowest BCUT2D eigenvalue weighted by Crippen LogP contribution is -2.55. The van der Waals surface area contributed by atoms with Gasteiger partial charge in [-0.05, 0) is 24.3 Å². The number of nitrogens with one attached hydrogen (secondary N) is 1. The van der Waals surface area contributed by atoms with E-state index in [1.165, 1.54) is 18.0 Å². The lowest BCUT2D eigenvalue weighted by atomic mass is 10.1. The number of carbonyl (C=O) groups is 1. The predicted octanol–water partition coefficient (Wildman–Crippen LogP) is 4.29. The molecule has 6 nitrogen and oxygen atoms in total. The number of halogens is 9. The summed E-state index contributed by atoms with van der Waals surface area (Å²) in [6.07, 6.45) is -11.4. The average molecular weight is 526 g/mol. The number of amides is 1. The Labute approximate surface area is 195 Å². The van der Waals surface area contributed by atoms with Gasteiger partial charge in [0.15, 0.2) is 5.65 Å². The molecule has 1 amide bonds. The van der Waals surface area contributed by atoms with Crippen LogP contribution in [0.2, 0.25) is 0 Å². The van der Waals surface area contributed by atoms with Crippen molar-refractivity contribution in [1.29, 1.82) is 0 Å². The third-order valence-corrected chi connectivity index (χ3v) is 4.99. The van der Waals surface area contributed by atoms with Gasteiger partial charge in [-0.2, -0.15) is 26.3 Å². The van der Waals surface area contributed by atoms with Crippen molar-refractivity contribution >= 4 is 22.8 Å². The van der Waals surface area contributed by atoms with Gasteiger partial charge in [0.05, 0.1) is 11.1 Å². The Balaban J connectivity index is 2.27. The van der Waals surface area contributed by atoms with Crippen LogP contribution in [0.5, 0.6) is 0 Å². The average Bonchev–Trinajstić information content (AvgIpc) is 2.76. The number of hydrogen-bond donors (Lipinski definition) is 1. The van der Waals surface area contributed by atoms with Crippen molar-refractivity contribution < 1.29 is 44.3 Å². The first-order chi connectivity index (χ1) is 16.6. The van der Waals surface area contributed by atoms with Crippen LogP contribution in [-0.4, -0.2) is 54.1 Å². The Hall–Kier alpha value is -3.78. The summed E-state index contributed by atoms with van der Waals surface area (Å²) in [5.41, 5.74) is -3.42. The van der Waals surface area contributed by atoms with Gasteiger partial charge in [-0.3, -0.25) is 14.2 Å². The lowest BCUT2D eigenvalue weighted by molar-refractivity contribution is -0.255. The predicted molar refractivity (Wildman–Crippen MR) is 110 cm³/mol. The Morgan fingerprint density at radius 3 is 2.28 bits per heavy atom. The van der Waals surface area contributed by atoms with E-state index in [1.54, 1.807) is 0 Å². The van der Waals surface area contributed by atoms with Gasteiger partial charge in [0.1, 0.15) is 29.7 Å². The fourth-order valence-electron chi connectivity index (χ4n) is 3.23. The number of aromatic nitrogens is 2. The van der Waals surface area contributed by atoms with Crippen LogP contribution < -0.4 is 15.6 Å². The van der Waals surface area contributed by atoms with E-state index in [1.807, 2.05) is 0 Å². The van der Waals surface area contributed by atoms with Crippen molar-refractivity contribution in [3.8, 4) is 5.69 Å². The molecule has 0 radical (unpaired) electrons. The van der Waals surface area contributed by atoms with E-state index in [2.05, 4.69) is 4.98 Å². The van der Waals surface area contributed by atoms with Crippen molar-refractivity contribution in [1.82, 2.24) is 14.9 Å². The fourth-order valence-corrected chi connectivity index (χ4v) is 3.23. The summed E-state index contributed by atoms with van der Waals surface area (Å²) >= 11 is 0. The van der Waals surface area contributed by atoms with Gasteiger partial charge >= 0.3 is 12.4 Å². The van der Waals surface area contributed by atoms with Crippen LogP contribution in [0, 0.1) is 11.6 Å². The summed E-state index contributed by atoms with van der Waals surface area (Å²) in [5, 5.41) is 0.254. The van der Waals surface area contributed by atoms with Crippen molar-refractivity contribution in [2.75, 3.05) is 25.2 Å². The van der Waals surface area contributed by atoms with Crippen LogP contribution in [0.3, 0.4) is 0 Å². The molecule has 2 heterocycles. The van der Waals surface area contributed by atoms with E-state index in [-0.39, 0.29) is 18.0 Å². The topological polar surface area (TPSA) is 67.2 Å². The van der Waals surface area contributed by atoms with Crippen molar-refractivity contribution in [2.45, 2.75) is 18.4 Å². The number of rotatable bonds is 6. The van der Waals surface area contributed by atoms with Gasteiger partial charge in [0, 0.05) is 25.9 Å². The normalized spacial score (nSPS) is 12.3. The van der Waals surface area contributed by atoms with Gasteiger partial charge in [-0.1, -0.05) is 0 Å². The maximum atomic E-state index is 14.6. The van der Waals surface area contributed by atoms with Crippen LogP contribution in [0.1, 0.15) is 10.4 Å². The highest BCUT2D eigenvalue weighted by molar-refractivity contribution is 5.97. The first-order valence-electron chi connectivity index (χ1n) is 9.88. The number of pyridine rings is 2. The molecule has 1 aromatic carbocycles. The molecular weight excluding hydrogens is 511 g/mol. The number of anilines is 1. The number of fused-ring (bicyclic) bond motifs is 1. The summed E-state index contributed by atoms with van der Waals surface area (Å²) < 4.78 is 119. The molecule has 2 aromatic heterocycles. The minimum Gasteiger partial charge on any atom is -0.357 e. The monoisotopic (exact) mass is 526 g/mol. The third kappa shape index (κ3) is 5.39. The Bertz CT molecular complexity index is 1340. The molecule has 36 heavy (non-hydrogen) atoms. The molecule has 0 spiro atoms. The largest absolute Gasteiger partial charge is 0.417 e. The Morgan fingerprint density at radius 2 is 1.72 bits per heavy atom. The van der Waals surface area contributed by atoms with Gasteiger partial charge in [0.25, 0.3) is 5.91 Å². The molecule has 1 N–H and O–H groups in total. The number of alkyl halides is 7. The van der Waals surface area contributed by atoms with Gasteiger partial charge in [-0.25, -0.2) is 18.2 Å². The maximum absolute atomic E-state index is 14.6. The van der Waals surface area contributed by atoms with E-state index >= 15 is 0 Å². The first-order valence-corrected chi connectivity index (χ1v) is 9.88. The van der Waals surface area contributed by atoms with Gasteiger partial charge < -0.3 is 10.2 Å². The summed E-state index contributed by atoms with van der Waals surface area (Å²) in [7, 11) is 1.42. The molecule has 0 saturated carbocycles. The van der Waals surface area contributed by atoms with Crippen LogP contribution in [0.25, 0.3) is 16.7 Å². The minimum absolute atomic E-state index is 0.0576. The summed E-state index contributed by atoms with van der Waals surface area (Å²) in [5.74, 6) is -4.26. The van der Waals surface area contributed by atoms with Crippen molar-refractivity contribution in [3.05, 3.63) is 63.9 Å². The van der Waals surface area contributed by atoms with Crippen molar-refractivity contribution in [3.63, 3.8) is 0 Å². The minimum atomic E-state index is -5.94. The Kier molecular flexibility index (Phi) is 7.22. The number of hydrogen-bond acceptors (Lipinski definition) is 4. The highest BCUT2D eigenvalue weighted by Gasteiger charge is 2.57. The molecule has 0 saturated heterocycles. The third-order valence-electron chi connectivity index (χ3n) is 4.99. The molecule has 0 aliphatic carbocycles. The lowest BCUT2D eigenvalue weighted by Gasteiger charge is -2.24. The fraction of sp³-hybridized carbons (Fsp3) is 0.286. The number of nitrogens with zero attached hydrogens (tertiary/aromatic N) is 3. The highest BCUT2D eigenvalue weighted by Crippen LogP contribution is 2.33. The molecule has 0 aliphatic heterocycles. The molecule has 3 rings (SSSR count). The summed E-state index contributed by atoms with van der Waals surface area (Å²) in [4.78, 5) is 30.7. The first kappa shape index (κ1) is 26.8. The Morgan fingerprint density at radius 1 is 1.08 bits per heavy atom.